The summed E-state index contributed by atoms with van der Waals surface area (Å²) >= 11 is 0. The van der Waals surface area contributed by atoms with Crippen molar-refractivity contribution in [2.45, 2.75) is 26.8 Å². The second kappa shape index (κ2) is 13.2. The van der Waals surface area contributed by atoms with Gasteiger partial charge >= 0.3 is 12.0 Å². The smallest absolute Gasteiger partial charge is 0.337 e. The largest absolute Gasteiger partial charge is 0.507 e. The maximum atomic E-state index is 12.3. The molecule has 0 saturated heterocycles. The van der Waals surface area contributed by atoms with E-state index in [4.69, 9.17) is 14.2 Å². The zero-order valence-corrected chi connectivity index (χ0v) is 22.5. The van der Waals surface area contributed by atoms with Gasteiger partial charge in [0.25, 0.3) is 5.91 Å². The predicted molar refractivity (Wildman–Crippen MR) is 145 cm³/mol. The number of benzene rings is 2. The van der Waals surface area contributed by atoms with Crippen molar-refractivity contribution in [3.8, 4) is 17.2 Å². The van der Waals surface area contributed by atoms with Gasteiger partial charge in [-0.15, -0.1) is 0 Å². The van der Waals surface area contributed by atoms with Crippen molar-refractivity contribution in [1.82, 2.24) is 16.1 Å². The van der Waals surface area contributed by atoms with Gasteiger partial charge in [-0.3, -0.25) is 4.79 Å². The second-order valence-electron chi connectivity index (χ2n) is 8.47. The van der Waals surface area contributed by atoms with Gasteiger partial charge in [-0.05, 0) is 50.6 Å². The fraction of sp³-hybridized carbons (Fsp3) is 0.333. The zero-order valence-electron chi connectivity index (χ0n) is 22.5. The highest BCUT2D eigenvalue weighted by Gasteiger charge is 2.32. The van der Waals surface area contributed by atoms with Crippen LogP contribution in [0, 0.1) is 0 Å². The number of hydrogen-bond acceptors (Lipinski definition) is 9. The second-order valence-corrected chi connectivity index (χ2v) is 8.47. The number of carbonyl (C=O) groups is 3. The van der Waals surface area contributed by atoms with Gasteiger partial charge in [-0.1, -0.05) is 6.07 Å². The van der Waals surface area contributed by atoms with E-state index in [0.717, 1.165) is 18.8 Å². The van der Waals surface area contributed by atoms with Gasteiger partial charge in [0.1, 0.15) is 5.75 Å². The minimum absolute atomic E-state index is 0.0452. The van der Waals surface area contributed by atoms with Crippen molar-refractivity contribution in [1.29, 1.82) is 0 Å². The Hall–Kier alpha value is -4.74. The lowest BCUT2D eigenvalue weighted by molar-refractivity contribution is -0.136. The molecule has 1 aliphatic heterocycles. The monoisotopic (exact) mass is 539 g/mol. The lowest BCUT2D eigenvalue weighted by Gasteiger charge is -2.28. The number of phenolic OH excluding ortho intramolecular Hbond substituents is 1. The van der Waals surface area contributed by atoms with Gasteiger partial charge in [0.2, 0.25) is 0 Å². The number of allylic oxidation sites excluding steroid dienone is 1. The standard InChI is InChI=1S/C27H33N5O7/c1-6-32(7-2)19-10-8-18(20(33)13-19)14-28-31-23(34)15-39-21-11-9-17(12-22(21)37-4)25-24(26(35)38-5)16(3)29-27(36)30-25/h8-14,25,33H,6-7,15H2,1-5H3,(H,31,34)(H2,29,30,36)/b28-14+. The van der Waals surface area contributed by atoms with Crippen LogP contribution in [0.15, 0.2) is 52.8 Å². The van der Waals surface area contributed by atoms with Gasteiger partial charge in [-0.2, -0.15) is 5.10 Å². The van der Waals surface area contributed by atoms with Crippen molar-refractivity contribution in [3.63, 3.8) is 0 Å². The molecule has 0 saturated carbocycles. The highest BCUT2D eigenvalue weighted by molar-refractivity contribution is 5.95. The van der Waals surface area contributed by atoms with Crippen molar-refractivity contribution in [2.75, 3.05) is 38.8 Å². The van der Waals surface area contributed by atoms with Crippen LogP contribution < -0.4 is 30.4 Å². The molecule has 0 radical (unpaired) electrons. The van der Waals surface area contributed by atoms with E-state index < -0.39 is 23.9 Å². The van der Waals surface area contributed by atoms with Gasteiger partial charge in [-0.25, -0.2) is 15.0 Å². The molecule has 1 heterocycles. The number of carbonyl (C=O) groups excluding carboxylic acids is 3. The van der Waals surface area contributed by atoms with Crippen molar-refractivity contribution >= 4 is 29.8 Å². The summed E-state index contributed by atoms with van der Waals surface area (Å²) in [5.74, 6) is -0.519. The average molecular weight is 540 g/mol. The topological polar surface area (TPSA) is 151 Å². The Balaban J connectivity index is 1.65. The number of esters is 1. The van der Waals surface area contributed by atoms with E-state index in [1.807, 2.05) is 19.9 Å². The Labute approximate surface area is 226 Å². The van der Waals surface area contributed by atoms with E-state index in [9.17, 15) is 19.5 Å². The number of phenols is 1. The normalized spacial score (nSPS) is 14.9. The van der Waals surface area contributed by atoms with Crippen LogP contribution in [0.2, 0.25) is 0 Å². The minimum atomic E-state index is -0.774. The Morgan fingerprint density at radius 2 is 1.87 bits per heavy atom. The average Bonchev–Trinajstić information content (AvgIpc) is 2.92. The molecule has 1 aliphatic rings. The highest BCUT2D eigenvalue weighted by Crippen LogP contribution is 2.34. The van der Waals surface area contributed by atoms with E-state index in [1.54, 1.807) is 37.3 Å². The third-order valence-electron chi connectivity index (χ3n) is 6.09. The number of amides is 3. The molecular formula is C27H33N5O7. The number of hydrazone groups is 1. The summed E-state index contributed by atoms with van der Waals surface area (Å²) in [6.07, 6.45) is 1.34. The molecule has 3 rings (SSSR count). The number of aromatic hydroxyl groups is 1. The molecule has 4 N–H and O–H groups in total. The van der Waals surface area contributed by atoms with Gasteiger partial charge < -0.3 is 34.9 Å². The number of ether oxygens (including phenoxy) is 3. The molecule has 0 bridgehead atoms. The van der Waals surface area contributed by atoms with Crippen molar-refractivity contribution in [2.24, 2.45) is 5.10 Å². The first-order valence-corrected chi connectivity index (χ1v) is 12.3. The molecule has 2 aromatic rings. The van der Waals surface area contributed by atoms with Crippen LogP contribution in [-0.4, -0.2) is 63.1 Å². The fourth-order valence-electron chi connectivity index (χ4n) is 4.08. The molecule has 3 amide bonds. The molecule has 2 aromatic carbocycles. The number of nitrogens with one attached hydrogen (secondary N) is 3. The van der Waals surface area contributed by atoms with Gasteiger partial charge in [0.05, 0.1) is 32.0 Å². The van der Waals surface area contributed by atoms with Crippen LogP contribution in [0.3, 0.4) is 0 Å². The summed E-state index contributed by atoms with van der Waals surface area (Å²) in [5.41, 5.74) is 4.87. The minimum Gasteiger partial charge on any atom is -0.507 e. The summed E-state index contributed by atoms with van der Waals surface area (Å²) in [7, 11) is 2.69. The van der Waals surface area contributed by atoms with Crippen LogP contribution in [0.5, 0.6) is 17.2 Å². The highest BCUT2D eigenvalue weighted by atomic mass is 16.5. The SMILES string of the molecule is CCN(CC)c1ccc(/C=N/NC(=O)COc2ccc(C3NC(=O)NC(C)=C3C(=O)OC)cc2OC)c(O)c1. The molecule has 1 atom stereocenters. The van der Waals surface area contributed by atoms with E-state index >= 15 is 0 Å². The summed E-state index contributed by atoms with van der Waals surface area (Å²) in [6, 6.07) is 8.81. The lowest BCUT2D eigenvalue weighted by Crippen LogP contribution is -2.45. The zero-order chi connectivity index (χ0) is 28.5. The predicted octanol–water partition coefficient (Wildman–Crippen LogP) is 2.58. The third kappa shape index (κ3) is 6.98. The quantitative estimate of drug-likeness (QED) is 0.193. The Morgan fingerprint density at radius 1 is 1.13 bits per heavy atom. The molecule has 39 heavy (non-hydrogen) atoms. The van der Waals surface area contributed by atoms with E-state index in [0.29, 0.717) is 16.8 Å². The summed E-state index contributed by atoms with van der Waals surface area (Å²) in [6.45, 7) is 6.93. The molecule has 0 spiro atoms. The molecule has 0 fully saturated rings. The molecule has 12 nitrogen and oxygen atoms in total. The molecule has 0 aromatic heterocycles. The van der Waals surface area contributed by atoms with Crippen molar-refractivity contribution < 1.29 is 33.7 Å². The van der Waals surface area contributed by atoms with Crippen LogP contribution in [0.4, 0.5) is 10.5 Å². The summed E-state index contributed by atoms with van der Waals surface area (Å²) in [5, 5.41) is 19.4. The van der Waals surface area contributed by atoms with Crippen LogP contribution in [0.25, 0.3) is 0 Å². The molecule has 208 valence electrons. The fourth-order valence-corrected chi connectivity index (χ4v) is 4.08. The first-order chi connectivity index (χ1) is 18.7. The number of rotatable bonds is 11. The Kier molecular flexibility index (Phi) is 9.74. The number of nitrogens with zero attached hydrogens (tertiary/aromatic N) is 2. The van der Waals surface area contributed by atoms with Crippen LogP contribution in [-0.2, 0) is 14.3 Å². The molecular weight excluding hydrogens is 506 g/mol. The lowest BCUT2D eigenvalue weighted by atomic mass is 9.95. The van der Waals surface area contributed by atoms with Gasteiger partial charge in [0.15, 0.2) is 18.1 Å². The van der Waals surface area contributed by atoms with Crippen molar-refractivity contribution in [3.05, 3.63) is 58.8 Å². The number of anilines is 1. The van der Waals surface area contributed by atoms with E-state index in [-0.39, 0.29) is 29.4 Å². The number of urea groups is 1. The summed E-state index contributed by atoms with van der Waals surface area (Å²) < 4.78 is 15.9. The molecule has 12 heteroatoms. The van der Waals surface area contributed by atoms with E-state index in [2.05, 4.69) is 26.1 Å². The van der Waals surface area contributed by atoms with Crippen LogP contribution in [0.1, 0.15) is 37.9 Å². The molecule has 0 aliphatic carbocycles. The maximum absolute atomic E-state index is 12.3. The Bertz CT molecular complexity index is 1290. The van der Waals surface area contributed by atoms with E-state index in [1.165, 1.54) is 20.4 Å². The van der Waals surface area contributed by atoms with Crippen LogP contribution >= 0.6 is 0 Å². The number of hydrogen-bond donors (Lipinski definition) is 4. The third-order valence-corrected chi connectivity index (χ3v) is 6.09. The first kappa shape index (κ1) is 28.8. The maximum Gasteiger partial charge on any atom is 0.337 e. The van der Waals surface area contributed by atoms with Gasteiger partial charge in [0, 0.05) is 36.1 Å². The molecule has 1 unspecified atom stereocenters. The first-order valence-electron chi connectivity index (χ1n) is 12.3. The number of methoxy groups -OCH3 is 2. The Morgan fingerprint density at radius 3 is 2.51 bits per heavy atom. The summed E-state index contributed by atoms with van der Waals surface area (Å²) in [4.78, 5) is 38.7.